The molecule has 2 aromatic rings. The fourth-order valence-electron chi connectivity index (χ4n) is 2.02. The van der Waals surface area contributed by atoms with E-state index in [4.69, 9.17) is 16.6 Å². The van der Waals surface area contributed by atoms with Crippen molar-refractivity contribution in [1.29, 1.82) is 0 Å². The Balaban J connectivity index is 1.79. The maximum absolute atomic E-state index is 10.8. The topological polar surface area (TPSA) is 113 Å². The molecule has 0 saturated carbocycles. The highest BCUT2D eigenvalue weighted by atomic mass is 16.4. The van der Waals surface area contributed by atoms with Crippen molar-refractivity contribution in [1.82, 2.24) is 0 Å². The minimum absolute atomic E-state index is 0.174. The van der Waals surface area contributed by atoms with E-state index in [0.29, 0.717) is 30.2 Å². The van der Waals surface area contributed by atoms with Crippen LogP contribution in [-0.4, -0.2) is 24.2 Å². The van der Waals surface area contributed by atoms with Crippen LogP contribution in [-0.2, 0) is 0 Å². The maximum atomic E-state index is 10.8. The van der Waals surface area contributed by atoms with Crippen molar-refractivity contribution in [3.8, 4) is 0 Å². The molecule has 2 rings (SSSR count). The van der Waals surface area contributed by atoms with Crippen LogP contribution in [0.5, 0.6) is 0 Å². The molecule has 0 spiro atoms. The van der Waals surface area contributed by atoms with Gasteiger partial charge < -0.3 is 27.2 Å². The zero-order valence-corrected chi connectivity index (χ0v) is 12.6. The third kappa shape index (κ3) is 4.67. The fourth-order valence-corrected chi connectivity index (χ4v) is 2.02. The van der Waals surface area contributed by atoms with E-state index < -0.39 is 5.97 Å². The van der Waals surface area contributed by atoms with E-state index in [1.54, 1.807) is 6.07 Å². The highest BCUT2D eigenvalue weighted by Crippen LogP contribution is 2.19. The van der Waals surface area contributed by atoms with Crippen molar-refractivity contribution in [2.45, 2.75) is 0 Å². The van der Waals surface area contributed by atoms with Crippen molar-refractivity contribution in [2.24, 2.45) is 0 Å². The van der Waals surface area contributed by atoms with E-state index in [-0.39, 0.29) is 5.56 Å². The van der Waals surface area contributed by atoms with Crippen molar-refractivity contribution in [3.05, 3.63) is 60.2 Å². The number of nitrogen functional groups attached to an aromatic ring is 2. The molecule has 0 aliphatic heterocycles. The van der Waals surface area contributed by atoms with E-state index in [0.717, 1.165) is 5.69 Å². The number of hydrogen-bond acceptors (Lipinski definition) is 5. The van der Waals surface area contributed by atoms with Crippen LogP contribution in [0.4, 0.5) is 22.7 Å². The predicted molar refractivity (Wildman–Crippen MR) is 94.8 cm³/mol. The molecule has 0 aromatic heterocycles. The molecule has 0 unspecified atom stereocenters. The normalized spacial score (nSPS) is 10.6. The van der Waals surface area contributed by atoms with Gasteiger partial charge in [0.1, 0.15) is 0 Å². The number of hydrogen-bond donors (Lipinski definition) is 5. The molecule has 0 bridgehead atoms. The molecule has 23 heavy (non-hydrogen) atoms. The molecule has 6 nitrogen and oxygen atoms in total. The summed E-state index contributed by atoms with van der Waals surface area (Å²) in [4.78, 5) is 10.8. The highest BCUT2D eigenvalue weighted by molar-refractivity contribution is 5.90. The lowest BCUT2D eigenvalue weighted by Gasteiger charge is -2.08. The summed E-state index contributed by atoms with van der Waals surface area (Å²) in [6.07, 6.45) is 3.93. The Morgan fingerprint density at radius 1 is 0.957 bits per heavy atom. The lowest BCUT2D eigenvalue weighted by atomic mass is 10.2. The van der Waals surface area contributed by atoms with Gasteiger partial charge in [0.15, 0.2) is 0 Å². The molecule has 0 saturated heterocycles. The summed E-state index contributed by atoms with van der Waals surface area (Å²) >= 11 is 0. The van der Waals surface area contributed by atoms with Gasteiger partial charge >= 0.3 is 5.97 Å². The molecule has 0 fully saturated rings. The number of anilines is 4. The summed E-state index contributed by atoms with van der Waals surface area (Å²) in [7, 11) is 0. The van der Waals surface area contributed by atoms with Crippen molar-refractivity contribution >= 4 is 28.7 Å². The minimum atomic E-state index is -0.991. The summed E-state index contributed by atoms with van der Waals surface area (Å²) in [6.45, 7) is 1.24. The largest absolute Gasteiger partial charge is 0.478 e. The molecule has 7 N–H and O–H groups in total. The number of benzene rings is 2. The third-order valence-corrected chi connectivity index (χ3v) is 3.25. The molecule has 0 aliphatic carbocycles. The number of nitrogens with one attached hydrogen (secondary N) is 2. The predicted octanol–water partition coefficient (Wildman–Crippen LogP) is 2.63. The van der Waals surface area contributed by atoms with E-state index in [9.17, 15) is 4.79 Å². The second-order valence-electron chi connectivity index (χ2n) is 4.93. The van der Waals surface area contributed by atoms with Gasteiger partial charge in [-0.3, -0.25) is 0 Å². The number of carbonyl (C=O) groups is 1. The van der Waals surface area contributed by atoms with E-state index >= 15 is 0 Å². The Kier molecular flexibility index (Phi) is 5.46. The second kappa shape index (κ2) is 7.74. The Hall–Kier alpha value is -3.15. The smallest absolute Gasteiger partial charge is 0.335 e. The average Bonchev–Trinajstić information content (AvgIpc) is 2.53. The second-order valence-corrected chi connectivity index (χ2v) is 4.93. The van der Waals surface area contributed by atoms with E-state index in [1.807, 2.05) is 36.4 Å². The first-order valence-corrected chi connectivity index (χ1v) is 7.18. The third-order valence-electron chi connectivity index (χ3n) is 3.25. The summed E-state index contributed by atoms with van der Waals surface area (Å²) in [5, 5.41) is 15.2. The number of nitrogens with two attached hydrogens (primary N) is 2. The minimum Gasteiger partial charge on any atom is -0.478 e. The zero-order valence-electron chi connectivity index (χ0n) is 12.6. The highest BCUT2D eigenvalue weighted by Gasteiger charge is 2.05. The van der Waals surface area contributed by atoms with Gasteiger partial charge in [-0.2, -0.15) is 0 Å². The molecule has 2 aromatic carbocycles. The summed E-state index contributed by atoms with van der Waals surface area (Å²) in [6, 6.07) is 12.2. The number of carboxylic acids is 1. The number of para-hydroxylation sites is 2. The van der Waals surface area contributed by atoms with Gasteiger partial charge in [0.25, 0.3) is 0 Å². The van der Waals surface area contributed by atoms with Gasteiger partial charge in [-0.15, -0.1) is 0 Å². The molecule has 0 atom stereocenters. The Labute approximate surface area is 134 Å². The zero-order chi connectivity index (χ0) is 16.7. The number of aromatic carboxylic acids is 1. The fraction of sp³-hybridized carbons (Fsp3) is 0.118. The van der Waals surface area contributed by atoms with Crippen molar-refractivity contribution in [2.75, 3.05) is 35.2 Å². The van der Waals surface area contributed by atoms with Crippen molar-refractivity contribution in [3.63, 3.8) is 0 Å². The van der Waals surface area contributed by atoms with Crippen LogP contribution in [0, 0.1) is 0 Å². The Bertz CT molecular complexity index is 713. The van der Waals surface area contributed by atoms with Crippen molar-refractivity contribution < 1.29 is 9.90 Å². The summed E-state index contributed by atoms with van der Waals surface area (Å²) in [5.74, 6) is -0.991. The quantitative estimate of drug-likeness (QED) is 0.397. The monoisotopic (exact) mass is 312 g/mol. The van der Waals surface area contributed by atoms with E-state index in [1.165, 1.54) is 12.1 Å². The van der Waals surface area contributed by atoms with Crippen LogP contribution in [0.1, 0.15) is 10.4 Å². The first kappa shape index (κ1) is 16.2. The standard InChI is InChI=1S/C17H20N4O2/c18-13-5-1-2-6-15(13)20-9-3-4-10-21-16-8-7-12(17(22)23)11-14(16)19/h1-8,11,20-21H,9-10,18-19H2,(H,22,23). The van der Waals surface area contributed by atoms with Gasteiger partial charge in [-0.05, 0) is 30.3 Å². The van der Waals surface area contributed by atoms with Gasteiger partial charge in [0.2, 0.25) is 0 Å². The first-order valence-electron chi connectivity index (χ1n) is 7.18. The van der Waals surface area contributed by atoms with Gasteiger partial charge in [-0.25, -0.2) is 4.79 Å². The van der Waals surface area contributed by atoms with Gasteiger partial charge in [0.05, 0.1) is 28.3 Å². The van der Waals surface area contributed by atoms with Crippen LogP contribution in [0.2, 0.25) is 0 Å². The lowest BCUT2D eigenvalue weighted by Crippen LogP contribution is -2.05. The lowest BCUT2D eigenvalue weighted by molar-refractivity contribution is 0.0697. The number of carboxylic acid groups (broad SMARTS) is 1. The van der Waals surface area contributed by atoms with E-state index in [2.05, 4.69) is 10.6 Å². The maximum Gasteiger partial charge on any atom is 0.335 e. The van der Waals surface area contributed by atoms with Crippen LogP contribution in [0.25, 0.3) is 0 Å². The molecule has 0 radical (unpaired) electrons. The Morgan fingerprint density at radius 3 is 2.13 bits per heavy atom. The molecule has 6 heteroatoms. The molecular weight excluding hydrogens is 292 g/mol. The average molecular weight is 312 g/mol. The SMILES string of the molecule is Nc1ccccc1NCC=CCNc1ccc(C(=O)O)cc1N. The molecule has 0 heterocycles. The summed E-state index contributed by atoms with van der Waals surface area (Å²) < 4.78 is 0. The van der Waals surface area contributed by atoms with Crippen LogP contribution < -0.4 is 22.1 Å². The van der Waals surface area contributed by atoms with Gasteiger partial charge in [0, 0.05) is 13.1 Å². The molecule has 120 valence electrons. The molecular formula is C17H20N4O2. The van der Waals surface area contributed by atoms with Gasteiger partial charge in [-0.1, -0.05) is 24.3 Å². The summed E-state index contributed by atoms with van der Waals surface area (Å²) in [5.41, 5.74) is 14.6. The molecule has 0 aliphatic rings. The first-order chi connectivity index (χ1) is 11.1. The molecule has 0 amide bonds. The van der Waals surface area contributed by atoms with Crippen LogP contribution in [0.15, 0.2) is 54.6 Å². The Morgan fingerprint density at radius 2 is 1.57 bits per heavy atom. The van der Waals surface area contributed by atoms with Crippen LogP contribution >= 0.6 is 0 Å². The van der Waals surface area contributed by atoms with Crippen LogP contribution in [0.3, 0.4) is 0 Å². The number of rotatable bonds is 7.